The number of benzene rings is 2. The van der Waals surface area contributed by atoms with E-state index in [9.17, 15) is 0 Å². The monoisotopic (exact) mass is 520 g/mol. The molecule has 0 saturated carbocycles. The molecule has 6 nitrogen and oxygen atoms in total. The first kappa shape index (κ1) is 26.1. The molecule has 0 N–H and O–H groups in total. The second kappa shape index (κ2) is 12.8. The average molecular weight is 521 g/mol. The summed E-state index contributed by atoms with van der Waals surface area (Å²) in [4.78, 5) is 0. The van der Waals surface area contributed by atoms with Crippen LogP contribution >= 0.6 is 0 Å². The van der Waals surface area contributed by atoms with Crippen molar-refractivity contribution in [2.45, 2.75) is 45.1 Å². The number of ether oxygens (including phenoxy) is 2. The molecule has 2 unspecified atom stereocenters. The summed E-state index contributed by atoms with van der Waals surface area (Å²) in [6.45, 7) is 13.2. The van der Waals surface area contributed by atoms with Crippen molar-refractivity contribution < 1.29 is 25.9 Å². The Bertz CT molecular complexity index is 850. The van der Waals surface area contributed by atoms with Gasteiger partial charge in [-0.3, -0.25) is 0 Å². The van der Waals surface area contributed by atoms with Gasteiger partial charge in [0.2, 0.25) is 0 Å². The lowest BCUT2D eigenvalue weighted by atomic mass is 10.0. The Balaban J connectivity index is 1.43. The van der Waals surface area contributed by atoms with Crippen LogP contribution in [0.4, 0.5) is 0 Å². The van der Waals surface area contributed by atoms with Gasteiger partial charge in [0.25, 0.3) is 27.9 Å². The predicted molar refractivity (Wildman–Crippen MR) is 141 cm³/mol. The zero-order valence-corrected chi connectivity index (χ0v) is 24.6. The van der Waals surface area contributed by atoms with Crippen LogP contribution in [0.2, 0.25) is 32.2 Å². The van der Waals surface area contributed by atoms with Crippen LogP contribution in [-0.4, -0.2) is 49.6 Å². The van der Waals surface area contributed by atoms with E-state index in [1.54, 1.807) is 6.08 Å². The lowest BCUT2D eigenvalue weighted by Gasteiger charge is -2.37. The molecular weight excluding hydrogens is 485 g/mol. The third kappa shape index (κ3) is 8.98. The second-order valence-corrected chi connectivity index (χ2v) is 18.6. The Kier molecular flexibility index (Phi) is 10.1. The van der Waals surface area contributed by atoms with Gasteiger partial charge >= 0.3 is 8.56 Å². The zero-order chi connectivity index (χ0) is 23.7. The van der Waals surface area contributed by atoms with Crippen LogP contribution in [0.25, 0.3) is 0 Å². The molecule has 0 aliphatic carbocycles. The molecule has 2 aromatic rings. The first-order valence-corrected chi connectivity index (χ1v) is 20.4. The van der Waals surface area contributed by atoms with E-state index in [2.05, 4.69) is 57.0 Å². The minimum atomic E-state index is -2.28. The maximum atomic E-state index is 6.33. The van der Waals surface area contributed by atoms with E-state index in [0.717, 1.165) is 30.4 Å². The molecule has 2 aromatic carbocycles. The largest absolute Gasteiger partial charge is 0.494 e. The van der Waals surface area contributed by atoms with Gasteiger partial charge in [0.15, 0.2) is 0 Å². The Morgan fingerprint density at radius 1 is 0.818 bits per heavy atom. The quantitative estimate of drug-likeness (QED) is 0.264. The Morgan fingerprint density at radius 2 is 1.33 bits per heavy atom. The van der Waals surface area contributed by atoms with Crippen molar-refractivity contribution >= 4 is 36.4 Å². The maximum Gasteiger partial charge on any atom is 0.317 e. The van der Waals surface area contributed by atoms with E-state index < -0.39 is 36.4 Å². The molecule has 0 aromatic heterocycles. The fraction of sp³-hybridized carbons (Fsp3) is 0.391. The molecular formula is C23H36O6Si4. The molecule has 10 heteroatoms. The molecule has 0 bridgehead atoms. The number of hydrogen-bond acceptors (Lipinski definition) is 6. The van der Waals surface area contributed by atoms with Crippen LogP contribution in [0.1, 0.15) is 17.5 Å². The molecule has 1 saturated heterocycles. The first-order chi connectivity index (χ1) is 15.8. The third-order valence-electron chi connectivity index (χ3n) is 5.26. The van der Waals surface area contributed by atoms with Gasteiger partial charge in [-0.05, 0) is 80.5 Å². The summed E-state index contributed by atoms with van der Waals surface area (Å²) in [6.07, 6.45) is 3.51. The summed E-state index contributed by atoms with van der Waals surface area (Å²) < 4.78 is 36.2. The van der Waals surface area contributed by atoms with Crippen LogP contribution in [0.3, 0.4) is 0 Å². The summed E-state index contributed by atoms with van der Waals surface area (Å²) in [5.41, 5.74) is 2.49. The number of hydrogen-bond donors (Lipinski definition) is 0. The van der Waals surface area contributed by atoms with Gasteiger partial charge < -0.3 is 25.9 Å². The maximum absolute atomic E-state index is 6.33. The van der Waals surface area contributed by atoms with E-state index in [-0.39, 0.29) is 0 Å². The highest BCUT2D eigenvalue weighted by Gasteiger charge is 2.38. The van der Waals surface area contributed by atoms with Crippen molar-refractivity contribution in [3.8, 4) is 11.5 Å². The average Bonchev–Trinajstić information content (AvgIpc) is 2.76. The van der Waals surface area contributed by atoms with Gasteiger partial charge in [-0.2, -0.15) is 0 Å². The second-order valence-electron chi connectivity index (χ2n) is 8.36. The zero-order valence-electron chi connectivity index (χ0n) is 20.1. The number of rotatable bonds is 10. The highest BCUT2D eigenvalue weighted by atomic mass is 28.5. The molecule has 1 aliphatic rings. The van der Waals surface area contributed by atoms with Gasteiger partial charge in [-0.1, -0.05) is 36.9 Å². The lowest BCUT2D eigenvalue weighted by molar-refractivity contribution is 0.266. The van der Waals surface area contributed by atoms with E-state index in [4.69, 9.17) is 25.9 Å². The van der Waals surface area contributed by atoms with Crippen LogP contribution in [0.15, 0.2) is 61.2 Å². The lowest BCUT2D eigenvalue weighted by Crippen LogP contribution is -2.53. The standard InChI is InChI=1S/C23H36O6Si4/c1-6-16-24-22-12-8-20(9-13-22)19-21-10-14-23(15-11-21)25-17-7-18-33(5)28-31(3)26-30(2)27-32(4)29-33/h6,8-15,30-32H,1,7,16-19H2,2-5H3. The van der Waals surface area contributed by atoms with Crippen molar-refractivity contribution in [2.24, 2.45) is 0 Å². The fourth-order valence-electron chi connectivity index (χ4n) is 3.86. The highest BCUT2D eigenvalue weighted by Crippen LogP contribution is 2.23. The van der Waals surface area contributed by atoms with Gasteiger partial charge in [0.05, 0.1) is 6.61 Å². The molecule has 33 heavy (non-hydrogen) atoms. The van der Waals surface area contributed by atoms with E-state index in [1.165, 1.54) is 11.1 Å². The molecule has 1 fully saturated rings. The van der Waals surface area contributed by atoms with E-state index in [0.29, 0.717) is 13.2 Å². The van der Waals surface area contributed by atoms with Gasteiger partial charge in [0, 0.05) is 0 Å². The van der Waals surface area contributed by atoms with Crippen LogP contribution in [-0.2, 0) is 22.9 Å². The third-order valence-corrected chi connectivity index (χ3v) is 19.3. The molecule has 0 spiro atoms. The minimum Gasteiger partial charge on any atom is -0.494 e. The smallest absolute Gasteiger partial charge is 0.317 e. The summed E-state index contributed by atoms with van der Waals surface area (Å²) in [6, 6.07) is 17.4. The SMILES string of the molecule is C=CCOc1ccc(Cc2ccc(OCCC[Si]3(C)O[SiH](C)O[SiH](C)O[SiH](C)O3)cc2)cc1. The molecule has 1 heterocycles. The molecule has 2 atom stereocenters. The highest BCUT2D eigenvalue weighted by molar-refractivity contribution is 6.81. The van der Waals surface area contributed by atoms with Crippen molar-refractivity contribution in [3.05, 3.63) is 72.3 Å². The van der Waals surface area contributed by atoms with E-state index in [1.807, 2.05) is 24.3 Å². The molecule has 0 amide bonds. The molecule has 1 aliphatic heterocycles. The molecule has 180 valence electrons. The Morgan fingerprint density at radius 3 is 1.85 bits per heavy atom. The van der Waals surface area contributed by atoms with E-state index >= 15 is 0 Å². The van der Waals surface area contributed by atoms with Crippen molar-refractivity contribution in [1.82, 2.24) is 0 Å². The van der Waals surface area contributed by atoms with Crippen molar-refractivity contribution in [3.63, 3.8) is 0 Å². The first-order valence-electron chi connectivity index (χ1n) is 11.6. The van der Waals surface area contributed by atoms with Crippen molar-refractivity contribution in [1.29, 1.82) is 0 Å². The van der Waals surface area contributed by atoms with Crippen molar-refractivity contribution in [2.75, 3.05) is 13.2 Å². The summed E-state index contributed by atoms with van der Waals surface area (Å²) in [5, 5.41) is 0. The topological polar surface area (TPSA) is 55.4 Å². The summed E-state index contributed by atoms with van der Waals surface area (Å²) in [5.74, 6) is 1.75. The van der Waals surface area contributed by atoms with Crippen LogP contribution in [0.5, 0.6) is 11.5 Å². The van der Waals surface area contributed by atoms with Gasteiger partial charge in [0.1, 0.15) is 18.1 Å². The Labute approximate surface area is 204 Å². The normalized spacial score (nSPS) is 25.6. The fourth-order valence-corrected chi connectivity index (χ4v) is 18.5. The van der Waals surface area contributed by atoms with Gasteiger partial charge in [-0.25, -0.2) is 0 Å². The minimum absolute atomic E-state index is 0.521. The van der Waals surface area contributed by atoms with Crippen LogP contribution in [0, 0.1) is 0 Å². The Hall–Kier alpha value is -1.51. The summed E-state index contributed by atoms with van der Waals surface area (Å²) >= 11 is 0. The molecule has 3 rings (SSSR count). The van der Waals surface area contributed by atoms with Gasteiger partial charge in [-0.15, -0.1) is 0 Å². The predicted octanol–water partition coefficient (Wildman–Crippen LogP) is 4.31. The molecule has 0 radical (unpaired) electrons. The summed E-state index contributed by atoms with van der Waals surface area (Å²) in [7, 11) is -7.24. The van der Waals surface area contributed by atoms with Crippen LogP contribution < -0.4 is 9.47 Å².